The van der Waals surface area contributed by atoms with E-state index in [0.29, 0.717) is 5.92 Å². The minimum atomic E-state index is -0.334. The zero-order valence-corrected chi connectivity index (χ0v) is 17.4. The molecule has 27 heavy (non-hydrogen) atoms. The molecule has 0 amide bonds. The molecule has 1 aliphatic carbocycles. The first-order valence-corrected chi connectivity index (χ1v) is 10.6. The van der Waals surface area contributed by atoms with E-state index in [1.54, 1.807) is 0 Å². The quantitative estimate of drug-likeness (QED) is 0.494. The average Bonchev–Trinajstić information content (AvgIpc) is 3.09. The highest BCUT2D eigenvalue weighted by molar-refractivity contribution is 7.27. The molecular formula is C23H25BO2S. The van der Waals surface area contributed by atoms with Crippen LogP contribution < -0.4 is 5.46 Å². The Morgan fingerprint density at radius 3 is 2.52 bits per heavy atom. The van der Waals surface area contributed by atoms with Crippen molar-refractivity contribution in [2.45, 2.75) is 58.2 Å². The van der Waals surface area contributed by atoms with Crippen LogP contribution in [0.4, 0.5) is 0 Å². The largest absolute Gasteiger partial charge is 0.496 e. The maximum absolute atomic E-state index is 6.43. The first-order chi connectivity index (χ1) is 12.8. The molecule has 1 aromatic heterocycles. The third-order valence-corrected chi connectivity index (χ3v) is 7.76. The number of allylic oxidation sites excluding steroid dienone is 1. The molecule has 1 fully saturated rings. The summed E-state index contributed by atoms with van der Waals surface area (Å²) >= 11 is 1.87. The predicted octanol–water partition coefficient (Wildman–Crippen LogP) is 5.87. The summed E-state index contributed by atoms with van der Waals surface area (Å²) in [6.45, 7) is 10.8. The Balaban J connectivity index is 1.82. The summed E-state index contributed by atoms with van der Waals surface area (Å²) < 4.78 is 15.5. The van der Waals surface area contributed by atoms with Gasteiger partial charge in [-0.25, -0.2) is 0 Å². The summed E-state index contributed by atoms with van der Waals surface area (Å²) in [5.41, 5.74) is 3.29. The van der Waals surface area contributed by atoms with Crippen LogP contribution in [0.1, 0.15) is 58.1 Å². The summed E-state index contributed by atoms with van der Waals surface area (Å²) in [7, 11) is -0.332. The summed E-state index contributed by atoms with van der Waals surface area (Å²) in [6, 6.07) is 11.1. The molecule has 138 valence electrons. The van der Waals surface area contributed by atoms with Gasteiger partial charge in [-0.2, -0.15) is 0 Å². The Morgan fingerprint density at radius 1 is 1.07 bits per heavy atom. The normalized spacial score (nSPS) is 23.3. The number of benzene rings is 2. The lowest BCUT2D eigenvalue weighted by molar-refractivity contribution is 0.00578. The number of thiophene rings is 1. The van der Waals surface area contributed by atoms with Crippen molar-refractivity contribution >= 4 is 50.2 Å². The van der Waals surface area contributed by atoms with Crippen molar-refractivity contribution in [3.05, 3.63) is 47.5 Å². The van der Waals surface area contributed by atoms with Gasteiger partial charge in [0.15, 0.2) is 0 Å². The van der Waals surface area contributed by atoms with Crippen LogP contribution in [-0.2, 0) is 9.31 Å². The lowest BCUT2D eigenvalue weighted by Crippen LogP contribution is -2.41. The Labute approximate surface area is 165 Å². The van der Waals surface area contributed by atoms with E-state index in [1.807, 2.05) is 11.3 Å². The van der Waals surface area contributed by atoms with Crippen LogP contribution in [0.5, 0.6) is 0 Å². The Bertz CT molecular complexity index is 1080. The van der Waals surface area contributed by atoms with Crippen LogP contribution in [0.25, 0.3) is 26.2 Å². The topological polar surface area (TPSA) is 18.5 Å². The molecule has 3 aromatic rings. The Kier molecular flexibility index (Phi) is 3.69. The second-order valence-electron chi connectivity index (χ2n) is 8.90. The molecule has 2 nitrogen and oxygen atoms in total. The highest BCUT2D eigenvalue weighted by Crippen LogP contribution is 2.44. The first-order valence-electron chi connectivity index (χ1n) is 9.79. The monoisotopic (exact) mass is 376 g/mol. The summed E-state index contributed by atoms with van der Waals surface area (Å²) in [5.74, 6) is 0.526. The third kappa shape index (κ3) is 2.47. The van der Waals surface area contributed by atoms with Crippen LogP contribution in [0.2, 0.25) is 0 Å². The van der Waals surface area contributed by atoms with Gasteiger partial charge in [0.05, 0.1) is 11.2 Å². The minimum absolute atomic E-state index is 0.332. The van der Waals surface area contributed by atoms with Gasteiger partial charge >= 0.3 is 7.12 Å². The van der Waals surface area contributed by atoms with E-state index in [2.05, 4.69) is 77.1 Å². The molecule has 0 saturated carbocycles. The fraction of sp³-hybridized carbons (Fsp3) is 0.391. The smallest absolute Gasteiger partial charge is 0.399 e. The molecule has 0 radical (unpaired) electrons. The van der Waals surface area contributed by atoms with Gasteiger partial charge in [0, 0.05) is 25.6 Å². The van der Waals surface area contributed by atoms with E-state index in [-0.39, 0.29) is 18.3 Å². The molecule has 1 saturated heterocycles. The standard InChI is InChI=1S/C23H25BO2S/c1-14-9-8-10-15-13-17(24-25-22(2,3)23(4,5)26-24)21-20(19(14)15)16-11-6-7-12-18(16)27-21/h6-8,10-14H,9H2,1-5H3. The molecule has 2 heterocycles. The lowest BCUT2D eigenvalue weighted by atomic mass is 9.74. The van der Waals surface area contributed by atoms with Crippen molar-refractivity contribution in [3.8, 4) is 0 Å². The number of fused-ring (bicyclic) bond motifs is 5. The van der Waals surface area contributed by atoms with Gasteiger partial charge in [-0.1, -0.05) is 43.3 Å². The molecule has 1 unspecified atom stereocenters. The van der Waals surface area contributed by atoms with E-state index >= 15 is 0 Å². The van der Waals surface area contributed by atoms with Crippen molar-refractivity contribution in [1.82, 2.24) is 0 Å². The average molecular weight is 376 g/mol. The van der Waals surface area contributed by atoms with Gasteiger partial charge in [0.25, 0.3) is 0 Å². The Morgan fingerprint density at radius 2 is 1.78 bits per heavy atom. The fourth-order valence-corrected chi connectivity index (χ4v) is 5.54. The summed E-state index contributed by atoms with van der Waals surface area (Å²) in [4.78, 5) is 0. The molecule has 0 N–H and O–H groups in total. The van der Waals surface area contributed by atoms with Crippen LogP contribution in [-0.4, -0.2) is 18.3 Å². The van der Waals surface area contributed by atoms with Crippen LogP contribution in [0.15, 0.2) is 36.4 Å². The zero-order valence-electron chi connectivity index (χ0n) is 16.6. The zero-order chi connectivity index (χ0) is 19.0. The van der Waals surface area contributed by atoms with Crippen molar-refractivity contribution in [2.24, 2.45) is 0 Å². The van der Waals surface area contributed by atoms with E-state index < -0.39 is 0 Å². The molecule has 2 aromatic carbocycles. The second-order valence-corrected chi connectivity index (χ2v) is 9.95. The predicted molar refractivity (Wildman–Crippen MR) is 117 cm³/mol. The summed E-state index contributed by atoms with van der Waals surface area (Å²) in [5, 5.41) is 2.75. The SMILES string of the molecule is CC1CC=Cc2cc(B3OC(C)(C)C(C)(C)O3)c3sc4ccccc4c3c21. The fourth-order valence-electron chi connectivity index (χ4n) is 4.30. The maximum Gasteiger partial charge on any atom is 0.496 e. The molecule has 4 heteroatoms. The lowest BCUT2D eigenvalue weighted by Gasteiger charge is -2.32. The highest BCUT2D eigenvalue weighted by Gasteiger charge is 2.52. The van der Waals surface area contributed by atoms with E-state index in [1.165, 1.54) is 36.8 Å². The van der Waals surface area contributed by atoms with Gasteiger partial charge in [-0.3, -0.25) is 0 Å². The molecule has 1 aliphatic heterocycles. The van der Waals surface area contributed by atoms with Crippen molar-refractivity contribution in [1.29, 1.82) is 0 Å². The maximum atomic E-state index is 6.43. The first kappa shape index (κ1) is 17.5. The third-order valence-electron chi connectivity index (χ3n) is 6.54. The number of hydrogen-bond acceptors (Lipinski definition) is 3. The number of rotatable bonds is 1. The van der Waals surface area contributed by atoms with E-state index in [9.17, 15) is 0 Å². The molecular weight excluding hydrogens is 351 g/mol. The van der Waals surface area contributed by atoms with Crippen molar-refractivity contribution in [3.63, 3.8) is 0 Å². The van der Waals surface area contributed by atoms with Crippen molar-refractivity contribution < 1.29 is 9.31 Å². The summed E-state index contributed by atoms with van der Waals surface area (Å²) in [6.07, 6.45) is 5.67. The minimum Gasteiger partial charge on any atom is -0.399 e. The van der Waals surface area contributed by atoms with Gasteiger partial charge in [-0.05, 0) is 57.2 Å². The highest BCUT2D eigenvalue weighted by atomic mass is 32.1. The van der Waals surface area contributed by atoms with Crippen LogP contribution >= 0.6 is 11.3 Å². The molecule has 1 atom stereocenters. The number of hydrogen-bond donors (Lipinski definition) is 0. The van der Waals surface area contributed by atoms with Crippen molar-refractivity contribution in [2.75, 3.05) is 0 Å². The second kappa shape index (κ2) is 5.70. The van der Waals surface area contributed by atoms with Crippen LogP contribution in [0.3, 0.4) is 0 Å². The van der Waals surface area contributed by atoms with Gasteiger partial charge in [-0.15, -0.1) is 11.3 Å². The molecule has 0 spiro atoms. The van der Waals surface area contributed by atoms with Gasteiger partial charge < -0.3 is 9.31 Å². The van der Waals surface area contributed by atoms with E-state index in [4.69, 9.17) is 9.31 Å². The molecule has 2 aliphatic rings. The van der Waals surface area contributed by atoms with Gasteiger partial charge in [0.2, 0.25) is 0 Å². The Hall–Kier alpha value is -1.62. The van der Waals surface area contributed by atoms with Crippen LogP contribution in [0, 0.1) is 0 Å². The van der Waals surface area contributed by atoms with Gasteiger partial charge in [0.1, 0.15) is 0 Å². The van der Waals surface area contributed by atoms with E-state index in [0.717, 1.165) is 6.42 Å². The molecule has 0 bridgehead atoms. The molecule has 5 rings (SSSR count).